The Balaban J connectivity index is 1.91. The van der Waals surface area contributed by atoms with Crippen LogP contribution < -0.4 is 5.32 Å². The number of anilines is 1. The Morgan fingerprint density at radius 1 is 1.58 bits per heavy atom. The maximum Gasteiger partial charge on any atom is 0.357 e. The molecule has 7 heteroatoms. The van der Waals surface area contributed by atoms with Crippen molar-refractivity contribution < 1.29 is 9.53 Å². The third-order valence-corrected chi connectivity index (χ3v) is 3.53. The highest BCUT2D eigenvalue weighted by Crippen LogP contribution is 2.22. The third-order valence-electron chi connectivity index (χ3n) is 2.60. The SMILES string of the molecule is COC(=O)c1nc(NCCc2ccn(C)n2)sc1C. The number of methoxy groups -OCH3 is 1. The molecule has 102 valence electrons. The normalized spacial score (nSPS) is 10.5. The van der Waals surface area contributed by atoms with Gasteiger partial charge in [-0.15, -0.1) is 11.3 Å². The van der Waals surface area contributed by atoms with Gasteiger partial charge in [0.1, 0.15) is 0 Å². The Morgan fingerprint density at radius 2 is 2.37 bits per heavy atom. The lowest BCUT2D eigenvalue weighted by atomic mass is 10.3. The molecule has 1 N–H and O–H groups in total. The number of nitrogens with one attached hydrogen (secondary N) is 1. The molecule has 0 aliphatic rings. The molecule has 0 saturated heterocycles. The first-order valence-corrected chi connectivity index (χ1v) is 6.70. The summed E-state index contributed by atoms with van der Waals surface area (Å²) in [6.07, 6.45) is 2.73. The highest BCUT2D eigenvalue weighted by Gasteiger charge is 2.15. The number of nitrogens with zero attached hydrogens (tertiary/aromatic N) is 3. The van der Waals surface area contributed by atoms with Gasteiger partial charge in [0.15, 0.2) is 10.8 Å². The van der Waals surface area contributed by atoms with E-state index in [9.17, 15) is 4.79 Å². The third kappa shape index (κ3) is 3.31. The fourth-order valence-corrected chi connectivity index (χ4v) is 2.48. The molecule has 19 heavy (non-hydrogen) atoms. The minimum absolute atomic E-state index is 0.382. The van der Waals surface area contributed by atoms with Crippen LogP contribution in [-0.2, 0) is 18.2 Å². The molecule has 2 aromatic heterocycles. The van der Waals surface area contributed by atoms with Gasteiger partial charge in [0.25, 0.3) is 0 Å². The molecule has 0 aliphatic heterocycles. The molecule has 0 atom stereocenters. The van der Waals surface area contributed by atoms with Crippen molar-refractivity contribution in [3.05, 3.63) is 28.5 Å². The van der Waals surface area contributed by atoms with Crippen LogP contribution >= 0.6 is 11.3 Å². The number of hydrogen-bond acceptors (Lipinski definition) is 6. The largest absolute Gasteiger partial charge is 0.464 e. The van der Waals surface area contributed by atoms with Crippen molar-refractivity contribution in [1.29, 1.82) is 0 Å². The maximum atomic E-state index is 11.4. The van der Waals surface area contributed by atoms with E-state index >= 15 is 0 Å². The highest BCUT2D eigenvalue weighted by atomic mass is 32.1. The molecule has 6 nitrogen and oxygen atoms in total. The predicted molar refractivity (Wildman–Crippen MR) is 73.6 cm³/mol. The van der Waals surface area contributed by atoms with Gasteiger partial charge in [0.2, 0.25) is 0 Å². The number of rotatable bonds is 5. The lowest BCUT2D eigenvalue weighted by Crippen LogP contribution is -2.07. The van der Waals surface area contributed by atoms with Crippen LogP contribution in [-0.4, -0.2) is 34.4 Å². The van der Waals surface area contributed by atoms with E-state index in [1.807, 2.05) is 26.2 Å². The van der Waals surface area contributed by atoms with Crippen LogP contribution in [0.2, 0.25) is 0 Å². The smallest absolute Gasteiger partial charge is 0.357 e. The molecule has 0 radical (unpaired) electrons. The number of esters is 1. The Bertz CT molecular complexity index is 576. The number of ether oxygens (including phenoxy) is 1. The van der Waals surface area contributed by atoms with E-state index in [1.165, 1.54) is 18.4 Å². The number of aromatic nitrogens is 3. The van der Waals surface area contributed by atoms with E-state index in [0.29, 0.717) is 5.69 Å². The summed E-state index contributed by atoms with van der Waals surface area (Å²) in [5.74, 6) is -0.397. The van der Waals surface area contributed by atoms with Crippen LogP contribution in [0.5, 0.6) is 0 Å². The van der Waals surface area contributed by atoms with Crippen molar-refractivity contribution in [2.75, 3.05) is 19.0 Å². The van der Waals surface area contributed by atoms with E-state index in [4.69, 9.17) is 0 Å². The Labute approximate surface area is 115 Å². The Kier molecular flexibility index (Phi) is 4.16. The molecule has 0 spiro atoms. The first-order valence-electron chi connectivity index (χ1n) is 5.88. The van der Waals surface area contributed by atoms with Gasteiger partial charge in [-0.2, -0.15) is 5.10 Å². The summed E-state index contributed by atoms with van der Waals surface area (Å²) in [5, 5.41) is 8.22. The highest BCUT2D eigenvalue weighted by molar-refractivity contribution is 7.15. The van der Waals surface area contributed by atoms with Crippen LogP contribution in [0.25, 0.3) is 0 Å². The van der Waals surface area contributed by atoms with Gasteiger partial charge >= 0.3 is 5.97 Å². The van der Waals surface area contributed by atoms with E-state index in [-0.39, 0.29) is 0 Å². The van der Waals surface area contributed by atoms with Crippen LogP contribution in [0.1, 0.15) is 21.1 Å². The van der Waals surface area contributed by atoms with Crippen molar-refractivity contribution in [3.8, 4) is 0 Å². The summed E-state index contributed by atoms with van der Waals surface area (Å²) in [6.45, 7) is 2.58. The molecule has 0 amide bonds. The second-order valence-corrected chi connectivity index (χ2v) is 5.28. The van der Waals surface area contributed by atoms with Crippen molar-refractivity contribution in [3.63, 3.8) is 0 Å². The number of hydrogen-bond donors (Lipinski definition) is 1. The van der Waals surface area contributed by atoms with E-state index < -0.39 is 5.97 Å². The molecule has 0 aliphatic carbocycles. The average molecular weight is 280 g/mol. The second-order valence-electron chi connectivity index (χ2n) is 4.07. The van der Waals surface area contributed by atoms with Gasteiger partial charge in [-0.05, 0) is 13.0 Å². The number of aryl methyl sites for hydroxylation is 2. The topological polar surface area (TPSA) is 69.0 Å². The van der Waals surface area contributed by atoms with Crippen molar-refractivity contribution in [1.82, 2.24) is 14.8 Å². The van der Waals surface area contributed by atoms with Crippen LogP contribution in [0, 0.1) is 6.92 Å². The van der Waals surface area contributed by atoms with Crippen molar-refractivity contribution in [2.45, 2.75) is 13.3 Å². The zero-order chi connectivity index (χ0) is 13.8. The molecule has 0 fully saturated rings. The van der Waals surface area contributed by atoms with Gasteiger partial charge in [-0.3, -0.25) is 4.68 Å². The summed E-state index contributed by atoms with van der Waals surface area (Å²) < 4.78 is 6.45. The van der Waals surface area contributed by atoms with Crippen LogP contribution in [0.15, 0.2) is 12.3 Å². The quantitative estimate of drug-likeness (QED) is 0.843. The zero-order valence-electron chi connectivity index (χ0n) is 11.1. The standard InChI is InChI=1S/C12H16N4O2S/c1-8-10(11(17)18-3)14-12(19-8)13-6-4-9-5-7-16(2)15-9/h5,7H,4,6H2,1-3H3,(H,13,14). The number of carbonyl (C=O) groups excluding carboxylic acids is 1. The Hall–Kier alpha value is -1.89. The van der Waals surface area contributed by atoms with Crippen molar-refractivity contribution >= 4 is 22.4 Å². The number of thiazole rings is 1. The molecule has 2 heterocycles. The zero-order valence-corrected chi connectivity index (χ0v) is 12.0. The minimum Gasteiger partial charge on any atom is -0.464 e. The van der Waals surface area contributed by atoms with Gasteiger partial charge < -0.3 is 10.1 Å². The number of carbonyl (C=O) groups is 1. The average Bonchev–Trinajstić information content (AvgIpc) is 2.95. The first kappa shape index (κ1) is 13.5. The van der Waals surface area contributed by atoms with E-state index in [1.54, 1.807) is 4.68 Å². The summed E-state index contributed by atoms with van der Waals surface area (Å²) in [6, 6.07) is 1.98. The summed E-state index contributed by atoms with van der Waals surface area (Å²) in [4.78, 5) is 16.5. The molecule has 0 saturated carbocycles. The maximum absolute atomic E-state index is 11.4. The second kappa shape index (κ2) is 5.83. The summed E-state index contributed by atoms with van der Waals surface area (Å²) in [5.41, 5.74) is 1.41. The molecule has 2 rings (SSSR count). The van der Waals surface area contributed by atoms with Gasteiger partial charge in [-0.1, -0.05) is 0 Å². The van der Waals surface area contributed by atoms with Crippen LogP contribution in [0.4, 0.5) is 5.13 Å². The first-order chi connectivity index (χ1) is 9.10. The molecular formula is C12H16N4O2S. The Morgan fingerprint density at radius 3 is 3.00 bits per heavy atom. The lowest BCUT2D eigenvalue weighted by molar-refractivity contribution is 0.0594. The summed E-state index contributed by atoms with van der Waals surface area (Å²) >= 11 is 1.45. The molecular weight excluding hydrogens is 264 g/mol. The fourth-order valence-electron chi connectivity index (χ4n) is 1.65. The fraction of sp³-hybridized carbons (Fsp3) is 0.417. The van der Waals surface area contributed by atoms with Gasteiger partial charge in [-0.25, -0.2) is 9.78 Å². The van der Waals surface area contributed by atoms with E-state index in [0.717, 1.165) is 28.7 Å². The van der Waals surface area contributed by atoms with Gasteiger partial charge in [0.05, 0.1) is 12.8 Å². The van der Waals surface area contributed by atoms with E-state index in [2.05, 4.69) is 20.1 Å². The van der Waals surface area contributed by atoms with Gasteiger partial charge in [0, 0.05) is 31.1 Å². The summed E-state index contributed by atoms with van der Waals surface area (Å²) in [7, 11) is 3.25. The van der Waals surface area contributed by atoms with Crippen LogP contribution in [0.3, 0.4) is 0 Å². The molecule has 2 aromatic rings. The molecule has 0 aromatic carbocycles. The molecule has 0 unspecified atom stereocenters. The van der Waals surface area contributed by atoms with Crippen molar-refractivity contribution in [2.24, 2.45) is 7.05 Å². The lowest BCUT2D eigenvalue weighted by Gasteiger charge is -1.99. The minimum atomic E-state index is -0.397. The molecule has 0 bridgehead atoms. The predicted octanol–water partition coefficient (Wildman–Crippen LogP) is 1.63. The monoisotopic (exact) mass is 280 g/mol.